The summed E-state index contributed by atoms with van der Waals surface area (Å²) in [6, 6.07) is 10.3. The van der Waals surface area contributed by atoms with Gasteiger partial charge in [-0.3, -0.25) is 0 Å². The van der Waals surface area contributed by atoms with Gasteiger partial charge in [0.15, 0.2) is 5.82 Å². The first-order valence-electron chi connectivity index (χ1n) is 5.04. The first-order valence-corrected chi connectivity index (χ1v) is 5.86. The van der Waals surface area contributed by atoms with Crippen LogP contribution < -0.4 is 0 Å². The molecule has 0 fully saturated rings. The molecule has 0 bridgehead atoms. The minimum Gasteiger partial charge on any atom is -0.188 e. The Morgan fingerprint density at radius 1 is 1.19 bits per heavy atom. The highest BCUT2D eigenvalue weighted by Crippen LogP contribution is 2.16. The van der Waals surface area contributed by atoms with E-state index >= 15 is 0 Å². The van der Waals surface area contributed by atoms with Crippen molar-refractivity contribution in [3.8, 4) is 0 Å². The Hall–Kier alpha value is -1.75. The van der Waals surface area contributed by atoms with Gasteiger partial charge < -0.3 is 0 Å². The number of fused-ring (bicyclic) bond motifs is 1. The van der Waals surface area contributed by atoms with Gasteiger partial charge in [0, 0.05) is 6.42 Å². The summed E-state index contributed by atoms with van der Waals surface area (Å²) in [6.07, 6.45) is 0.855. The van der Waals surface area contributed by atoms with Gasteiger partial charge in [-0.1, -0.05) is 41.7 Å². The Morgan fingerprint density at radius 3 is 2.75 bits per heavy atom. The van der Waals surface area contributed by atoms with Crippen LogP contribution in [0.3, 0.4) is 0 Å². The second-order valence-electron chi connectivity index (χ2n) is 3.60. The molecule has 1 aromatic carbocycles. The van der Waals surface area contributed by atoms with E-state index in [1.165, 1.54) is 5.56 Å². The monoisotopic (exact) mass is 230 g/mol. The average Bonchev–Trinajstić information content (AvgIpc) is 2.83. The minimum atomic E-state index is 0.838. The molecule has 4 nitrogen and oxygen atoms in total. The summed E-state index contributed by atoms with van der Waals surface area (Å²) in [5, 5.41) is 13.6. The van der Waals surface area contributed by atoms with Crippen LogP contribution in [0, 0.1) is 6.92 Å². The van der Waals surface area contributed by atoms with E-state index in [4.69, 9.17) is 0 Å². The van der Waals surface area contributed by atoms with Crippen molar-refractivity contribution in [3.63, 3.8) is 0 Å². The van der Waals surface area contributed by atoms with Gasteiger partial charge in [0.25, 0.3) is 0 Å². The lowest BCUT2D eigenvalue weighted by Crippen LogP contribution is -1.92. The fraction of sp³-hybridized carbons (Fsp3) is 0.182. The number of hydrogen-bond acceptors (Lipinski definition) is 4. The van der Waals surface area contributed by atoms with Gasteiger partial charge in [-0.15, -0.1) is 10.2 Å². The molecular formula is C11H10N4S. The zero-order valence-electron chi connectivity index (χ0n) is 8.79. The minimum absolute atomic E-state index is 0.838. The normalized spacial score (nSPS) is 11.1. The summed E-state index contributed by atoms with van der Waals surface area (Å²) in [6.45, 7) is 1.91. The highest BCUT2D eigenvalue weighted by Gasteiger charge is 2.08. The SMILES string of the molecule is Cc1nnc2sc(Cc3ccccc3)nn12. The highest BCUT2D eigenvalue weighted by atomic mass is 32.1. The number of nitrogens with zero attached hydrogens (tertiary/aromatic N) is 4. The molecule has 3 aromatic rings. The van der Waals surface area contributed by atoms with Crippen molar-refractivity contribution in [2.24, 2.45) is 0 Å². The third kappa shape index (κ3) is 1.59. The van der Waals surface area contributed by atoms with E-state index in [9.17, 15) is 0 Å². The summed E-state index contributed by atoms with van der Waals surface area (Å²) >= 11 is 1.59. The lowest BCUT2D eigenvalue weighted by Gasteiger charge is -1.95. The van der Waals surface area contributed by atoms with Crippen LogP contribution in [0.5, 0.6) is 0 Å². The maximum Gasteiger partial charge on any atom is 0.234 e. The van der Waals surface area contributed by atoms with Crippen LogP contribution in [-0.2, 0) is 6.42 Å². The van der Waals surface area contributed by atoms with Crippen molar-refractivity contribution in [1.29, 1.82) is 0 Å². The molecule has 16 heavy (non-hydrogen) atoms. The third-order valence-corrected chi connectivity index (χ3v) is 3.29. The number of rotatable bonds is 2. The van der Waals surface area contributed by atoms with Gasteiger partial charge in [-0.05, 0) is 12.5 Å². The van der Waals surface area contributed by atoms with Crippen molar-refractivity contribution in [3.05, 3.63) is 46.7 Å². The van der Waals surface area contributed by atoms with E-state index in [1.807, 2.05) is 25.1 Å². The Bertz CT molecular complexity index is 611. The smallest absolute Gasteiger partial charge is 0.188 e. The Kier molecular flexibility index (Phi) is 2.18. The molecule has 0 aliphatic heterocycles. The molecule has 5 heteroatoms. The van der Waals surface area contributed by atoms with Crippen LogP contribution in [0.15, 0.2) is 30.3 Å². The van der Waals surface area contributed by atoms with Crippen LogP contribution in [-0.4, -0.2) is 19.8 Å². The molecule has 2 heterocycles. The molecule has 0 saturated carbocycles. The second-order valence-corrected chi connectivity index (χ2v) is 4.64. The van der Waals surface area contributed by atoms with Gasteiger partial charge in [0.1, 0.15) is 5.01 Å². The first kappa shape index (κ1) is 9.47. The van der Waals surface area contributed by atoms with Crippen LogP contribution in [0.2, 0.25) is 0 Å². The highest BCUT2D eigenvalue weighted by molar-refractivity contribution is 7.16. The topological polar surface area (TPSA) is 43.1 Å². The standard InChI is InChI=1S/C11H10N4S/c1-8-12-13-11-15(8)14-10(16-11)7-9-5-3-2-4-6-9/h2-6H,7H2,1H3. The van der Waals surface area contributed by atoms with Gasteiger partial charge >= 0.3 is 0 Å². The van der Waals surface area contributed by atoms with Crippen LogP contribution in [0.1, 0.15) is 16.4 Å². The Morgan fingerprint density at radius 2 is 2.00 bits per heavy atom. The molecular weight excluding hydrogens is 220 g/mol. The summed E-state index contributed by atoms with van der Waals surface area (Å²) < 4.78 is 1.79. The van der Waals surface area contributed by atoms with Gasteiger partial charge in [-0.2, -0.15) is 9.61 Å². The third-order valence-electron chi connectivity index (χ3n) is 2.39. The largest absolute Gasteiger partial charge is 0.234 e. The average molecular weight is 230 g/mol. The molecule has 2 aromatic heterocycles. The zero-order valence-corrected chi connectivity index (χ0v) is 9.61. The maximum absolute atomic E-state index is 4.48. The second kappa shape index (κ2) is 3.68. The molecule has 0 N–H and O–H groups in total. The lowest BCUT2D eigenvalue weighted by atomic mass is 10.2. The van der Waals surface area contributed by atoms with Crippen molar-refractivity contribution < 1.29 is 0 Å². The van der Waals surface area contributed by atoms with Crippen molar-refractivity contribution >= 4 is 16.3 Å². The van der Waals surface area contributed by atoms with E-state index in [2.05, 4.69) is 27.4 Å². The van der Waals surface area contributed by atoms with Crippen LogP contribution in [0.4, 0.5) is 0 Å². The van der Waals surface area contributed by atoms with Crippen molar-refractivity contribution in [1.82, 2.24) is 19.8 Å². The first-order chi connectivity index (χ1) is 7.83. The van der Waals surface area contributed by atoms with Gasteiger partial charge in [0.05, 0.1) is 0 Å². The predicted molar refractivity (Wildman–Crippen MR) is 62.6 cm³/mol. The number of hydrogen-bond donors (Lipinski definition) is 0. The molecule has 0 atom stereocenters. The molecule has 0 radical (unpaired) electrons. The molecule has 0 unspecified atom stereocenters. The van der Waals surface area contributed by atoms with Crippen molar-refractivity contribution in [2.75, 3.05) is 0 Å². The molecule has 0 aliphatic rings. The van der Waals surface area contributed by atoms with E-state index in [-0.39, 0.29) is 0 Å². The lowest BCUT2D eigenvalue weighted by molar-refractivity contribution is 0.864. The van der Waals surface area contributed by atoms with E-state index in [1.54, 1.807) is 15.9 Å². The summed E-state index contributed by atoms with van der Waals surface area (Å²) in [7, 11) is 0. The van der Waals surface area contributed by atoms with Crippen LogP contribution >= 0.6 is 11.3 Å². The molecule has 0 saturated heterocycles. The predicted octanol–water partition coefficient (Wildman–Crippen LogP) is 2.09. The molecule has 0 spiro atoms. The Labute approximate surface area is 96.6 Å². The quantitative estimate of drug-likeness (QED) is 0.677. The molecule has 0 amide bonds. The van der Waals surface area contributed by atoms with Gasteiger partial charge in [0.2, 0.25) is 4.96 Å². The van der Waals surface area contributed by atoms with E-state index < -0.39 is 0 Å². The van der Waals surface area contributed by atoms with E-state index in [0.29, 0.717) is 0 Å². The van der Waals surface area contributed by atoms with Gasteiger partial charge in [-0.25, -0.2) is 0 Å². The van der Waals surface area contributed by atoms with E-state index in [0.717, 1.165) is 22.2 Å². The number of aryl methyl sites for hydroxylation is 1. The summed E-state index contributed by atoms with van der Waals surface area (Å²) in [5.74, 6) is 0.838. The van der Waals surface area contributed by atoms with Crippen LogP contribution in [0.25, 0.3) is 4.96 Å². The zero-order chi connectivity index (χ0) is 11.0. The maximum atomic E-state index is 4.48. The molecule has 80 valence electrons. The number of aromatic nitrogens is 4. The Balaban J connectivity index is 1.95. The fourth-order valence-electron chi connectivity index (χ4n) is 1.60. The molecule has 0 aliphatic carbocycles. The summed E-state index contributed by atoms with van der Waals surface area (Å²) in [5.41, 5.74) is 1.27. The molecule has 3 rings (SSSR count). The summed E-state index contributed by atoms with van der Waals surface area (Å²) in [4.78, 5) is 0.864. The fourth-order valence-corrected chi connectivity index (χ4v) is 2.51. The number of benzene rings is 1. The van der Waals surface area contributed by atoms with Crippen molar-refractivity contribution in [2.45, 2.75) is 13.3 Å².